The third kappa shape index (κ3) is 9.57. The summed E-state index contributed by atoms with van der Waals surface area (Å²) in [6.07, 6.45) is -16.5. The summed E-state index contributed by atoms with van der Waals surface area (Å²) in [5.74, 6) is 1.17. The maximum atomic E-state index is 11.3. The second-order valence-electron chi connectivity index (χ2n) is 12.5. The minimum Gasteiger partial charge on any atom is -1.00 e. The van der Waals surface area contributed by atoms with Crippen LogP contribution in [0.4, 0.5) is 0 Å². The molecule has 2 aliphatic heterocycles. The van der Waals surface area contributed by atoms with E-state index in [2.05, 4.69) is 9.97 Å². The number of para-hydroxylation sites is 2. The van der Waals surface area contributed by atoms with Crippen LogP contribution in [0, 0.1) is 0 Å². The Labute approximate surface area is 323 Å². The van der Waals surface area contributed by atoms with Crippen LogP contribution in [0.1, 0.15) is 6.42 Å². The van der Waals surface area contributed by atoms with E-state index in [1.807, 2.05) is 36.4 Å². The Bertz CT molecular complexity index is 1490. The number of aromatic nitrogens is 2. The van der Waals surface area contributed by atoms with E-state index in [1.165, 1.54) is 0 Å². The zero-order valence-electron chi connectivity index (χ0n) is 27.4. The monoisotopic (exact) mass is 816 g/mol. The van der Waals surface area contributed by atoms with Crippen molar-refractivity contribution in [2.24, 2.45) is 22.9 Å². The molecule has 1 saturated carbocycles. The maximum Gasteiger partial charge on any atom is 0.187 e. The smallest absolute Gasteiger partial charge is 0.187 e. The highest BCUT2D eigenvalue weighted by atomic mass is 35.5. The quantitative estimate of drug-likeness (QED) is 0.0956. The summed E-state index contributed by atoms with van der Waals surface area (Å²) in [5, 5.41) is 63.7. The van der Waals surface area contributed by atoms with Crippen molar-refractivity contribution in [3.8, 4) is 17.1 Å². The highest BCUT2D eigenvalue weighted by Gasteiger charge is 2.51. The van der Waals surface area contributed by atoms with Gasteiger partial charge in [-0.3, -0.25) is 0 Å². The molecule has 0 bridgehead atoms. The molecule has 1 aliphatic carbocycles. The third-order valence-corrected chi connectivity index (χ3v) is 9.23. The predicted molar refractivity (Wildman–Crippen MR) is 168 cm³/mol. The molecule has 21 heteroatoms. The van der Waals surface area contributed by atoms with Crippen LogP contribution in [-0.2, 0) is 18.9 Å². The molecule has 1 aromatic heterocycles. The number of nitrogens with zero attached hydrogens (tertiary/aromatic N) is 1. The SMILES string of the molecule is NCC1O[C@H](O[C@@H]2C(N)C[C@@H](N)C(O[C@H]3OC(COc4ccc(-c5nc6ccccc6[nH]5)cc4)[C@@H](O)C(N)[C@H]3O)[C@H]2O)C(O)[C@@H](O)[C@@H]1O.[Cl-].[Cl-].[Cl-].[Cl-]. The highest BCUT2D eigenvalue weighted by Crippen LogP contribution is 2.32. The fourth-order valence-electron chi connectivity index (χ4n) is 6.36. The fraction of sp³-hybridized carbons (Fsp3) is 0.581. The molecule has 6 rings (SSSR count). The van der Waals surface area contributed by atoms with Gasteiger partial charge in [0.2, 0.25) is 0 Å². The Balaban J connectivity index is 0.00000234. The van der Waals surface area contributed by atoms with Crippen LogP contribution in [0.5, 0.6) is 5.75 Å². The van der Waals surface area contributed by atoms with Crippen molar-refractivity contribution in [3.05, 3.63) is 48.5 Å². The van der Waals surface area contributed by atoms with E-state index < -0.39 is 91.7 Å². The molecule has 0 spiro atoms. The van der Waals surface area contributed by atoms with Gasteiger partial charge in [-0.25, -0.2) is 4.98 Å². The lowest BCUT2D eigenvalue weighted by Gasteiger charge is -2.48. The van der Waals surface area contributed by atoms with E-state index in [-0.39, 0.29) is 69.2 Å². The lowest BCUT2D eigenvalue weighted by Crippen LogP contribution is -3.00. The lowest BCUT2D eigenvalue weighted by molar-refractivity contribution is -0.331. The van der Waals surface area contributed by atoms with Crippen molar-refractivity contribution in [3.63, 3.8) is 0 Å². The first-order valence-electron chi connectivity index (χ1n) is 15.8. The lowest BCUT2D eigenvalue weighted by atomic mass is 9.84. The van der Waals surface area contributed by atoms with Crippen LogP contribution < -0.4 is 77.3 Å². The molecular weight excluding hydrogens is 774 g/mol. The van der Waals surface area contributed by atoms with E-state index >= 15 is 0 Å². The van der Waals surface area contributed by atoms with Crippen molar-refractivity contribution >= 4 is 11.0 Å². The Morgan fingerprint density at radius 2 is 1.27 bits per heavy atom. The van der Waals surface area contributed by atoms with Gasteiger partial charge in [0, 0.05) is 24.2 Å². The van der Waals surface area contributed by atoms with Gasteiger partial charge in [-0.05, 0) is 42.8 Å². The minimum absolute atomic E-state index is 0. The van der Waals surface area contributed by atoms with E-state index in [9.17, 15) is 30.6 Å². The second-order valence-corrected chi connectivity index (χ2v) is 12.5. The molecule has 17 nitrogen and oxygen atoms in total. The topological polar surface area (TPSA) is 300 Å². The summed E-state index contributed by atoms with van der Waals surface area (Å²) in [7, 11) is 0. The number of aliphatic hydroxyl groups excluding tert-OH is 6. The summed E-state index contributed by atoms with van der Waals surface area (Å²) in [5.41, 5.74) is 26.9. The average molecular weight is 819 g/mol. The average Bonchev–Trinajstić information content (AvgIpc) is 3.52. The first-order valence-corrected chi connectivity index (χ1v) is 15.8. The molecule has 3 heterocycles. The van der Waals surface area contributed by atoms with Gasteiger partial charge in [0.15, 0.2) is 12.6 Å². The number of ether oxygens (including phenoxy) is 5. The Hall–Kier alpha value is -1.69. The summed E-state index contributed by atoms with van der Waals surface area (Å²) in [6.45, 7) is -0.336. The second kappa shape index (κ2) is 19.8. The maximum absolute atomic E-state index is 11.3. The summed E-state index contributed by atoms with van der Waals surface area (Å²) in [4.78, 5) is 7.86. The van der Waals surface area contributed by atoms with Crippen LogP contribution in [0.2, 0.25) is 0 Å². The molecule has 52 heavy (non-hydrogen) atoms. The van der Waals surface area contributed by atoms with Crippen molar-refractivity contribution < 1.29 is 104 Å². The Kier molecular flexibility index (Phi) is 17.7. The number of hydrogen-bond acceptors (Lipinski definition) is 16. The van der Waals surface area contributed by atoms with E-state index in [0.717, 1.165) is 16.6 Å². The number of aliphatic hydroxyl groups is 6. The molecule has 2 saturated heterocycles. The van der Waals surface area contributed by atoms with Gasteiger partial charge >= 0.3 is 0 Å². The van der Waals surface area contributed by atoms with Crippen LogP contribution in [0.15, 0.2) is 48.5 Å². The molecule has 3 aliphatic rings. The van der Waals surface area contributed by atoms with Gasteiger partial charge in [0.25, 0.3) is 0 Å². The number of imidazole rings is 1. The van der Waals surface area contributed by atoms with Crippen molar-refractivity contribution in [1.82, 2.24) is 9.97 Å². The van der Waals surface area contributed by atoms with E-state index in [0.29, 0.717) is 11.6 Å². The van der Waals surface area contributed by atoms with Crippen molar-refractivity contribution in [1.29, 1.82) is 0 Å². The zero-order chi connectivity index (χ0) is 34.3. The van der Waals surface area contributed by atoms with Gasteiger partial charge in [-0.15, -0.1) is 0 Å². The van der Waals surface area contributed by atoms with Crippen LogP contribution in [-0.4, -0.2) is 146 Å². The van der Waals surface area contributed by atoms with Gasteiger partial charge in [-0.1, -0.05) is 12.1 Å². The number of fused-ring (bicyclic) bond motifs is 1. The highest BCUT2D eigenvalue weighted by molar-refractivity contribution is 5.79. The molecule has 6 unspecified atom stereocenters. The predicted octanol–water partition coefficient (Wildman–Crippen LogP) is -15.6. The Morgan fingerprint density at radius 1 is 0.692 bits per heavy atom. The molecule has 0 amide bonds. The van der Waals surface area contributed by atoms with Crippen molar-refractivity contribution in [2.45, 2.75) is 98.2 Å². The number of nitrogens with two attached hydrogens (primary N) is 4. The summed E-state index contributed by atoms with van der Waals surface area (Å²) < 4.78 is 29.1. The van der Waals surface area contributed by atoms with Gasteiger partial charge in [0.05, 0.1) is 17.1 Å². The third-order valence-electron chi connectivity index (χ3n) is 9.23. The Morgan fingerprint density at radius 3 is 1.87 bits per heavy atom. The normalized spacial score (nSPS) is 37.5. The molecule has 0 radical (unpaired) electrons. The van der Waals surface area contributed by atoms with E-state index in [1.54, 1.807) is 12.1 Å². The van der Waals surface area contributed by atoms with Crippen LogP contribution in [0.25, 0.3) is 22.4 Å². The fourth-order valence-corrected chi connectivity index (χ4v) is 6.36. The molecule has 3 fully saturated rings. The number of benzene rings is 2. The number of aromatic amines is 1. The summed E-state index contributed by atoms with van der Waals surface area (Å²) in [6, 6.07) is 11.9. The number of halogens is 4. The minimum atomic E-state index is -1.68. The standard InChI is InChI=1S/C31H44N6O11.4ClH/c32-10-18-22(39)24(41)25(42)31(45-18)48-28-15(34)9-14(33)27(26(28)43)47-30-23(40)20(35)21(38)19(46-30)11-44-13-7-5-12(6-8-13)29-36-16-3-1-2-4-17(16)37-29;;;;/h1-8,14-15,18-28,30-31,38-43H,9-11,32-35H2,(H,36,37);4*1H/p-4/t14-,15?,18?,19?,20?,21-,22-,23-,24+,25?,26-,27?,28-,30-,31-;;;;/m1..../s1. The number of hydrogen-bond donors (Lipinski definition) is 11. The first-order chi connectivity index (χ1) is 23.0. The number of H-pyrrole nitrogens is 1. The number of nitrogens with one attached hydrogen (secondary N) is 1. The van der Waals surface area contributed by atoms with Gasteiger partial charge in [-0.2, -0.15) is 0 Å². The first kappa shape index (κ1) is 46.5. The largest absolute Gasteiger partial charge is 1.00 e. The molecule has 3 aromatic rings. The van der Waals surface area contributed by atoms with Crippen molar-refractivity contribution in [2.75, 3.05) is 13.2 Å². The molecular formula is C31H44Cl4N6O11-4. The molecule has 15 atom stereocenters. The van der Waals surface area contributed by atoms with Gasteiger partial charge in [0.1, 0.15) is 79.2 Å². The van der Waals surface area contributed by atoms with E-state index in [4.69, 9.17) is 46.6 Å². The summed E-state index contributed by atoms with van der Waals surface area (Å²) >= 11 is 0. The molecule has 2 aromatic carbocycles. The number of rotatable bonds is 9. The van der Waals surface area contributed by atoms with Crippen LogP contribution in [0.3, 0.4) is 0 Å². The van der Waals surface area contributed by atoms with Crippen LogP contribution >= 0.6 is 0 Å². The van der Waals surface area contributed by atoms with Gasteiger partial charge < -0.3 is 132 Å². The molecule has 15 N–H and O–H groups in total. The molecule has 296 valence electrons. The zero-order valence-corrected chi connectivity index (χ0v) is 30.4.